The molecule has 3 aromatic heterocycles. The number of aromatic amines is 1. The minimum absolute atomic E-state index is 0.0525. The van der Waals surface area contributed by atoms with Gasteiger partial charge in [-0.25, -0.2) is 9.50 Å². The number of aromatic nitrogens is 4. The van der Waals surface area contributed by atoms with E-state index in [-0.39, 0.29) is 17.5 Å². The highest BCUT2D eigenvalue weighted by atomic mass is 16.5. The minimum Gasteiger partial charge on any atom is -0.361 e. The lowest BCUT2D eigenvalue weighted by atomic mass is 10.1. The van der Waals surface area contributed by atoms with E-state index in [0.717, 1.165) is 47.8 Å². The number of carbonyl (C=O) groups excluding carboxylic acids is 1. The maximum absolute atomic E-state index is 12.9. The zero-order chi connectivity index (χ0) is 19.8. The van der Waals surface area contributed by atoms with Gasteiger partial charge in [0.2, 0.25) is 5.91 Å². The zero-order valence-electron chi connectivity index (χ0n) is 16.5. The van der Waals surface area contributed by atoms with Gasteiger partial charge in [-0.2, -0.15) is 0 Å². The molecule has 8 heteroatoms. The molecule has 1 aliphatic rings. The molecule has 1 N–H and O–H groups in total. The Labute approximate surface area is 162 Å². The molecule has 28 heavy (non-hydrogen) atoms. The molecule has 4 heterocycles. The van der Waals surface area contributed by atoms with Gasteiger partial charge in [-0.1, -0.05) is 12.1 Å². The first kappa shape index (κ1) is 18.5. The van der Waals surface area contributed by atoms with E-state index in [2.05, 4.69) is 15.2 Å². The predicted molar refractivity (Wildman–Crippen MR) is 103 cm³/mol. The molecule has 0 radical (unpaired) electrons. The number of aryl methyl sites for hydroxylation is 3. The molecule has 8 nitrogen and oxygen atoms in total. The molecule has 1 fully saturated rings. The molecular weight excluding hydrogens is 358 g/mol. The molecule has 0 saturated carbocycles. The molecule has 0 aromatic carbocycles. The normalized spacial score (nSPS) is 17.0. The van der Waals surface area contributed by atoms with E-state index < -0.39 is 0 Å². The maximum Gasteiger partial charge on any atom is 0.272 e. The van der Waals surface area contributed by atoms with Crippen molar-refractivity contribution in [2.24, 2.45) is 0 Å². The summed E-state index contributed by atoms with van der Waals surface area (Å²) >= 11 is 0. The second-order valence-corrected chi connectivity index (χ2v) is 7.39. The number of nitrogens with zero attached hydrogens (tertiary/aromatic N) is 4. The van der Waals surface area contributed by atoms with Crippen molar-refractivity contribution in [3.63, 3.8) is 0 Å². The number of hydrogen-bond donors (Lipinski definition) is 1. The van der Waals surface area contributed by atoms with Crippen LogP contribution in [0.3, 0.4) is 0 Å². The first-order chi connectivity index (χ1) is 13.5. The van der Waals surface area contributed by atoms with Crippen molar-refractivity contribution in [1.82, 2.24) is 24.7 Å². The van der Waals surface area contributed by atoms with Crippen LogP contribution < -0.4 is 5.56 Å². The van der Waals surface area contributed by atoms with Crippen LogP contribution in [0.4, 0.5) is 0 Å². The summed E-state index contributed by atoms with van der Waals surface area (Å²) in [5, 5.41) is 7.11. The summed E-state index contributed by atoms with van der Waals surface area (Å²) < 4.78 is 6.65. The van der Waals surface area contributed by atoms with Crippen molar-refractivity contribution in [1.29, 1.82) is 0 Å². The lowest BCUT2D eigenvalue weighted by Crippen LogP contribution is -2.31. The number of nitrogens with one attached hydrogen (secondary N) is 1. The highest BCUT2D eigenvalue weighted by Crippen LogP contribution is 2.32. The van der Waals surface area contributed by atoms with Gasteiger partial charge < -0.3 is 9.42 Å². The van der Waals surface area contributed by atoms with Crippen LogP contribution in [0.2, 0.25) is 0 Å². The molecule has 1 saturated heterocycles. The monoisotopic (exact) mass is 383 g/mol. The van der Waals surface area contributed by atoms with E-state index >= 15 is 0 Å². The predicted octanol–water partition coefficient (Wildman–Crippen LogP) is 2.49. The molecule has 148 valence electrons. The Balaban J connectivity index is 1.54. The summed E-state index contributed by atoms with van der Waals surface area (Å²) in [4.78, 5) is 31.6. The third-order valence-corrected chi connectivity index (χ3v) is 5.59. The molecule has 4 rings (SSSR count). The van der Waals surface area contributed by atoms with Crippen LogP contribution in [0.15, 0.2) is 21.5 Å². The smallest absolute Gasteiger partial charge is 0.272 e. The van der Waals surface area contributed by atoms with Crippen LogP contribution in [0.1, 0.15) is 60.6 Å². The lowest BCUT2D eigenvalue weighted by Gasteiger charge is -2.23. The largest absolute Gasteiger partial charge is 0.361 e. The molecule has 0 spiro atoms. The summed E-state index contributed by atoms with van der Waals surface area (Å²) in [6.45, 7) is 6.47. The molecular formula is C20H25N5O3. The summed E-state index contributed by atoms with van der Waals surface area (Å²) in [5.74, 6) is 0.881. The van der Waals surface area contributed by atoms with Crippen LogP contribution in [-0.4, -0.2) is 37.1 Å². The van der Waals surface area contributed by atoms with Crippen LogP contribution >= 0.6 is 0 Å². The molecule has 0 aliphatic carbocycles. The standard InChI is InChI=1S/C20H25N5O3/c1-4-14-10-20(27)25-18(21-14)11-16(22-25)17-6-5-9-24(17)19(26)8-7-15-12(2)23-28-13(15)3/h10-11,17,22H,4-9H2,1-3H3. The number of rotatable bonds is 5. The van der Waals surface area contributed by atoms with Crippen molar-refractivity contribution in [2.45, 2.75) is 58.9 Å². The zero-order valence-corrected chi connectivity index (χ0v) is 16.5. The van der Waals surface area contributed by atoms with Gasteiger partial charge in [0.15, 0.2) is 5.65 Å². The topological polar surface area (TPSA) is 96.5 Å². The fraction of sp³-hybridized carbons (Fsp3) is 0.500. The van der Waals surface area contributed by atoms with Gasteiger partial charge >= 0.3 is 0 Å². The van der Waals surface area contributed by atoms with Gasteiger partial charge in [0.25, 0.3) is 5.56 Å². The maximum atomic E-state index is 12.9. The summed E-state index contributed by atoms with van der Waals surface area (Å²) in [7, 11) is 0. The lowest BCUT2D eigenvalue weighted by molar-refractivity contribution is -0.132. The van der Waals surface area contributed by atoms with Crippen molar-refractivity contribution in [3.8, 4) is 0 Å². The Morgan fingerprint density at radius 2 is 2.18 bits per heavy atom. The third-order valence-electron chi connectivity index (χ3n) is 5.59. The summed E-state index contributed by atoms with van der Waals surface area (Å²) in [6.07, 6.45) is 3.56. The second-order valence-electron chi connectivity index (χ2n) is 7.39. The molecule has 1 aliphatic heterocycles. The molecule has 1 atom stereocenters. The molecule has 0 bridgehead atoms. The van der Waals surface area contributed by atoms with Crippen LogP contribution in [0.5, 0.6) is 0 Å². The quantitative estimate of drug-likeness (QED) is 0.730. The highest BCUT2D eigenvalue weighted by Gasteiger charge is 2.31. The summed E-state index contributed by atoms with van der Waals surface area (Å²) in [6, 6.07) is 3.39. The average molecular weight is 383 g/mol. The first-order valence-electron chi connectivity index (χ1n) is 9.80. The Morgan fingerprint density at radius 1 is 1.36 bits per heavy atom. The van der Waals surface area contributed by atoms with Crippen molar-refractivity contribution in [2.75, 3.05) is 6.54 Å². The van der Waals surface area contributed by atoms with E-state index in [1.807, 2.05) is 31.7 Å². The van der Waals surface area contributed by atoms with Gasteiger partial charge in [-0.15, -0.1) is 0 Å². The number of hydrogen-bond acceptors (Lipinski definition) is 5. The molecule has 3 aromatic rings. The average Bonchev–Trinajstić information content (AvgIpc) is 3.39. The fourth-order valence-electron chi connectivity index (χ4n) is 4.03. The van der Waals surface area contributed by atoms with E-state index in [9.17, 15) is 9.59 Å². The Hall–Kier alpha value is -2.90. The highest BCUT2D eigenvalue weighted by molar-refractivity contribution is 5.77. The van der Waals surface area contributed by atoms with Crippen LogP contribution in [-0.2, 0) is 17.6 Å². The van der Waals surface area contributed by atoms with E-state index in [4.69, 9.17) is 4.52 Å². The van der Waals surface area contributed by atoms with Crippen LogP contribution in [0.25, 0.3) is 5.65 Å². The number of likely N-dealkylation sites (tertiary alicyclic amines) is 1. The first-order valence-corrected chi connectivity index (χ1v) is 9.80. The molecule has 1 amide bonds. The molecule has 1 unspecified atom stereocenters. The van der Waals surface area contributed by atoms with Gasteiger partial charge in [0, 0.05) is 36.4 Å². The second kappa shape index (κ2) is 7.26. The van der Waals surface area contributed by atoms with Gasteiger partial charge in [0.05, 0.1) is 17.4 Å². The van der Waals surface area contributed by atoms with Crippen molar-refractivity contribution in [3.05, 3.63) is 50.9 Å². The Bertz CT molecular complexity index is 1060. The fourth-order valence-corrected chi connectivity index (χ4v) is 4.03. The van der Waals surface area contributed by atoms with E-state index in [1.54, 1.807) is 6.07 Å². The third kappa shape index (κ3) is 3.23. The minimum atomic E-state index is -0.123. The van der Waals surface area contributed by atoms with Gasteiger partial charge in [0.1, 0.15) is 5.76 Å². The Morgan fingerprint density at radius 3 is 2.89 bits per heavy atom. The van der Waals surface area contributed by atoms with Crippen molar-refractivity contribution < 1.29 is 9.32 Å². The summed E-state index contributed by atoms with van der Waals surface area (Å²) in [5.41, 5.74) is 3.97. The van der Waals surface area contributed by atoms with Gasteiger partial charge in [-0.3, -0.25) is 14.7 Å². The Kier molecular flexibility index (Phi) is 4.78. The number of amides is 1. The van der Waals surface area contributed by atoms with Gasteiger partial charge in [-0.05, 0) is 39.5 Å². The van der Waals surface area contributed by atoms with E-state index in [0.29, 0.717) is 24.9 Å². The number of fused-ring (bicyclic) bond motifs is 1. The SMILES string of the molecule is CCc1cc(=O)n2[nH]c(C3CCCN3C(=O)CCc3c(C)noc3C)cc2n1. The number of carbonyl (C=O) groups is 1. The van der Waals surface area contributed by atoms with E-state index in [1.165, 1.54) is 4.52 Å². The van der Waals surface area contributed by atoms with Crippen LogP contribution in [0, 0.1) is 13.8 Å². The van der Waals surface area contributed by atoms with Crippen molar-refractivity contribution >= 4 is 11.6 Å². The number of H-pyrrole nitrogens is 1.